The maximum Gasteiger partial charge on any atom is 0.185 e. The quantitative estimate of drug-likeness (QED) is 0.391. The fourth-order valence-electron chi connectivity index (χ4n) is 2.08. The average molecular weight is 388 g/mol. The summed E-state index contributed by atoms with van der Waals surface area (Å²) in [4.78, 5) is 12.1. The van der Waals surface area contributed by atoms with Crippen LogP contribution in [0.3, 0.4) is 0 Å². The van der Waals surface area contributed by atoms with E-state index in [0.717, 1.165) is 15.8 Å². The number of furan rings is 1. The first-order valence-corrected chi connectivity index (χ1v) is 8.13. The number of carbonyl (C=O) groups is 1. The van der Waals surface area contributed by atoms with Crippen molar-refractivity contribution in [3.63, 3.8) is 0 Å². The van der Waals surface area contributed by atoms with Gasteiger partial charge in [-0.05, 0) is 72.8 Å². The van der Waals surface area contributed by atoms with Crippen molar-refractivity contribution in [2.24, 2.45) is 0 Å². The summed E-state index contributed by atoms with van der Waals surface area (Å²) in [6, 6.07) is 18.3. The van der Waals surface area contributed by atoms with Crippen LogP contribution >= 0.6 is 27.5 Å². The Morgan fingerprint density at radius 3 is 2.35 bits per heavy atom. The molecule has 0 aliphatic carbocycles. The van der Waals surface area contributed by atoms with E-state index >= 15 is 0 Å². The van der Waals surface area contributed by atoms with Crippen LogP contribution in [0.25, 0.3) is 17.4 Å². The van der Waals surface area contributed by atoms with E-state index in [1.54, 1.807) is 18.2 Å². The van der Waals surface area contributed by atoms with Gasteiger partial charge in [-0.15, -0.1) is 0 Å². The highest BCUT2D eigenvalue weighted by molar-refractivity contribution is 9.10. The summed E-state index contributed by atoms with van der Waals surface area (Å²) in [6.07, 6.45) is 3.18. The smallest absolute Gasteiger partial charge is 0.185 e. The Hall–Kier alpha value is -2.10. The summed E-state index contributed by atoms with van der Waals surface area (Å²) >= 11 is 9.22. The van der Waals surface area contributed by atoms with E-state index in [-0.39, 0.29) is 5.78 Å². The maximum absolute atomic E-state index is 12.1. The van der Waals surface area contributed by atoms with Crippen molar-refractivity contribution in [3.8, 4) is 11.3 Å². The first-order chi connectivity index (χ1) is 11.1. The molecule has 0 amide bonds. The highest BCUT2D eigenvalue weighted by atomic mass is 79.9. The van der Waals surface area contributed by atoms with Gasteiger partial charge in [0.25, 0.3) is 0 Å². The molecule has 0 aliphatic rings. The van der Waals surface area contributed by atoms with E-state index in [2.05, 4.69) is 15.9 Å². The molecular formula is C19H12BrClO2. The van der Waals surface area contributed by atoms with Gasteiger partial charge >= 0.3 is 0 Å². The van der Waals surface area contributed by atoms with Crippen LogP contribution in [0.15, 0.2) is 75.6 Å². The summed E-state index contributed by atoms with van der Waals surface area (Å²) in [5.74, 6) is 1.29. The van der Waals surface area contributed by atoms with Crippen LogP contribution in [0.1, 0.15) is 16.1 Å². The minimum Gasteiger partial charge on any atom is -0.457 e. The summed E-state index contributed by atoms with van der Waals surface area (Å²) < 4.78 is 6.67. The van der Waals surface area contributed by atoms with E-state index < -0.39 is 0 Å². The van der Waals surface area contributed by atoms with Crippen LogP contribution in [-0.2, 0) is 0 Å². The lowest BCUT2D eigenvalue weighted by atomic mass is 10.1. The number of benzene rings is 2. The van der Waals surface area contributed by atoms with Gasteiger partial charge in [-0.3, -0.25) is 4.79 Å². The Morgan fingerprint density at radius 2 is 1.65 bits per heavy atom. The Labute approximate surface area is 147 Å². The molecule has 1 heterocycles. The lowest BCUT2D eigenvalue weighted by Gasteiger charge is -1.97. The molecule has 1 aromatic heterocycles. The summed E-state index contributed by atoms with van der Waals surface area (Å²) in [6.45, 7) is 0. The molecule has 114 valence electrons. The molecule has 3 aromatic rings. The van der Waals surface area contributed by atoms with Crippen molar-refractivity contribution in [1.29, 1.82) is 0 Å². The van der Waals surface area contributed by atoms with Gasteiger partial charge in [-0.1, -0.05) is 27.5 Å². The molecule has 0 saturated heterocycles. The number of allylic oxidation sites excluding steroid dienone is 1. The molecule has 0 radical (unpaired) electrons. The molecule has 0 spiro atoms. The highest BCUT2D eigenvalue weighted by Crippen LogP contribution is 2.24. The van der Waals surface area contributed by atoms with Crippen LogP contribution in [0.2, 0.25) is 5.02 Å². The van der Waals surface area contributed by atoms with E-state index in [9.17, 15) is 4.79 Å². The van der Waals surface area contributed by atoms with E-state index in [0.29, 0.717) is 16.3 Å². The zero-order chi connectivity index (χ0) is 16.2. The minimum absolute atomic E-state index is 0.0676. The number of halogens is 2. The van der Waals surface area contributed by atoms with Gasteiger partial charge in [-0.25, -0.2) is 0 Å². The van der Waals surface area contributed by atoms with Gasteiger partial charge in [0.2, 0.25) is 0 Å². The van der Waals surface area contributed by atoms with Crippen molar-refractivity contribution < 1.29 is 9.21 Å². The number of hydrogen-bond donors (Lipinski definition) is 0. The van der Waals surface area contributed by atoms with Crippen molar-refractivity contribution in [2.75, 3.05) is 0 Å². The number of ketones is 1. The summed E-state index contributed by atoms with van der Waals surface area (Å²) in [5.41, 5.74) is 1.57. The second-order valence-corrected chi connectivity index (χ2v) is 6.27. The van der Waals surface area contributed by atoms with Crippen molar-refractivity contribution in [3.05, 3.63) is 87.6 Å². The Kier molecular flexibility index (Phi) is 4.79. The molecule has 2 nitrogen and oxygen atoms in total. The summed E-state index contributed by atoms with van der Waals surface area (Å²) in [7, 11) is 0. The van der Waals surface area contributed by atoms with Crippen molar-refractivity contribution in [2.45, 2.75) is 0 Å². The predicted molar refractivity (Wildman–Crippen MR) is 96.7 cm³/mol. The normalized spacial score (nSPS) is 11.0. The second kappa shape index (κ2) is 6.99. The van der Waals surface area contributed by atoms with E-state index in [4.69, 9.17) is 16.0 Å². The molecule has 0 aliphatic heterocycles. The van der Waals surface area contributed by atoms with Gasteiger partial charge in [0.15, 0.2) is 5.78 Å². The molecular weight excluding hydrogens is 376 g/mol. The molecule has 0 N–H and O–H groups in total. The van der Waals surface area contributed by atoms with Crippen LogP contribution in [0, 0.1) is 0 Å². The Balaban J connectivity index is 1.74. The number of carbonyl (C=O) groups excluding carboxylic acids is 1. The fourth-order valence-corrected chi connectivity index (χ4v) is 2.47. The topological polar surface area (TPSA) is 30.2 Å². The molecule has 0 fully saturated rings. The summed E-state index contributed by atoms with van der Waals surface area (Å²) in [5, 5.41) is 0.681. The third-order valence-corrected chi connectivity index (χ3v) is 4.06. The first kappa shape index (κ1) is 15.8. The van der Waals surface area contributed by atoms with Crippen LogP contribution < -0.4 is 0 Å². The molecule has 2 aromatic carbocycles. The van der Waals surface area contributed by atoms with Crippen LogP contribution in [0.4, 0.5) is 0 Å². The fraction of sp³-hybridized carbons (Fsp3) is 0. The first-order valence-electron chi connectivity index (χ1n) is 6.95. The molecule has 0 unspecified atom stereocenters. The van der Waals surface area contributed by atoms with Crippen molar-refractivity contribution in [1.82, 2.24) is 0 Å². The third-order valence-electron chi connectivity index (χ3n) is 3.28. The lowest BCUT2D eigenvalue weighted by molar-refractivity contribution is 0.104. The Bertz CT molecular complexity index is 846. The average Bonchev–Trinajstić information content (AvgIpc) is 3.03. The molecule has 0 atom stereocenters. The van der Waals surface area contributed by atoms with E-state index in [1.165, 1.54) is 6.08 Å². The van der Waals surface area contributed by atoms with Gasteiger partial charge in [0, 0.05) is 20.6 Å². The van der Waals surface area contributed by atoms with Crippen LogP contribution in [0.5, 0.6) is 0 Å². The van der Waals surface area contributed by atoms with Crippen LogP contribution in [-0.4, -0.2) is 5.78 Å². The Morgan fingerprint density at radius 1 is 0.957 bits per heavy atom. The number of rotatable bonds is 4. The zero-order valence-electron chi connectivity index (χ0n) is 12.0. The molecule has 3 rings (SSSR count). The second-order valence-electron chi connectivity index (χ2n) is 4.91. The highest BCUT2D eigenvalue weighted by Gasteiger charge is 2.05. The number of hydrogen-bond acceptors (Lipinski definition) is 2. The van der Waals surface area contributed by atoms with E-state index in [1.807, 2.05) is 48.5 Å². The van der Waals surface area contributed by atoms with Gasteiger partial charge in [0.1, 0.15) is 11.5 Å². The van der Waals surface area contributed by atoms with Gasteiger partial charge in [0.05, 0.1) is 0 Å². The zero-order valence-corrected chi connectivity index (χ0v) is 14.3. The molecule has 0 bridgehead atoms. The lowest BCUT2D eigenvalue weighted by Crippen LogP contribution is -1.92. The largest absolute Gasteiger partial charge is 0.457 e. The monoisotopic (exact) mass is 386 g/mol. The molecule has 4 heteroatoms. The van der Waals surface area contributed by atoms with Crippen molar-refractivity contribution >= 4 is 39.4 Å². The minimum atomic E-state index is -0.0676. The SMILES string of the molecule is O=C(C=Cc1ccc(-c2ccc(Cl)cc2)o1)c1ccc(Br)cc1. The predicted octanol–water partition coefficient (Wildman–Crippen LogP) is 6.26. The van der Waals surface area contributed by atoms with Gasteiger partial charge < -0.3 is 4.42 Å². The third kappa shape index (κ3) is 4.01. The molecule has 23 heavy (non-hydrogen) atoms. The molecule has 0 saturated carbocycles. The standard InChI is InChI=1S/C19H12BrClO2/c20-15-5-1-13(2-6-15)18(22)11-9-17-10-12-19(23-17)14-3-7-16(21)8-4-14/h1-12H. The maximum atomic E-state index is 12.1. The van der Waals surface area contributed by atoms with Gasteiger partial charge in [-0.2, -0.15) is 0 Å².